The van der Waals surface area contributed by atoms with Crippen LogP contribution in [0.15, 0.2) is 0 Å². The second-order valence-corrected chi connectivity index (χ2v) is 0.894. The van der Waals surface area contributed by atoms with Crippen LogP contribution in [0.5, 0.6) is 0 Å². The molecule has 0 saturated heterocycles. The van der Waals surface area contributed by atoms with Gasteiger partial charge in [-0.1, -0.05) is 0 Å². The predicted molar refractivity (Wildman–Crippen MR) is 23.9 cm³/mol. The average molecular weight is 88.1 g/mol. The maximum absolute atomic E-state index is 6.64. The van der Waals surface area contributed by atoms with E-state index in [2.05, 4.69) is 11.0 Å². The molecule has 4 nitrogen and oxygen atoms in total. The first-order valence-electron chi connectivity index (χ1n) is 1.54. The molecule has 0 radical (unpaired) electrons. The highest BCUT2D eigenvalue weighted by Gasteiger charge is 1.72. The van der Waals surface area contributed by atoms with Crippen molar-refractivity contribution in [3.05, 3.63) is 0 Å². The first kappa shape index (κ1) is 5.39. The van der Waals surface area contributed by atoms with Gasteiger partial charge in [0.1, 0.15) is 5.84 Å². The zero-order valence-corrected chi connectivity index (χ0v) is 3.58. The lowest BCUT2D eigenvalue weighted by Gasteiger charge is -1.95. The van der Waals surface area contributed by atoms with E-state index in [0.29, 0.717) is 5.84 Å². The minimum absolute atomic E-state index is 0.303. The maximum Gasteiger partial charge on any atom is 0.105 e. The minimum Gasteiger partial charge on any atom is -0.297 e. The summed E-state index contributed by atoms with van der Waals surface area (Å²) in [5, 5.41) is 6.64. The van der Waals surface area contributed by atoms with Gasteiger partial charge in [-0.3, -0.25) is 16.7 Å². The molecule has 0 aromatic carbocycles. The van der Waals surface area contributed by atoms with Crippen LogP contribution in [-0.2, 0) is 0 Å². The Kier molecular flexibility index (Phi) is 2.35. The molecule has 0 spiro atoms. The van der Waals surface area contributed by atoms with Gasteiger partial charge < -0.3 is 0 Å². The quantitative estimate of drug-likeness (QED) is 0.143. The Morgan fingerprint density at radius 3 is 2.33 bits per heavy atom. The molecule has 0 heterocycles. The topological polar surface area (TPSA) is 73.9 Å². The molecular weight excluding hydrogens is 80.0 g/mol. The molecule has 0 atom stereocenters. The summed E-state index contributed by atoms with van der Waals surface area (Å²) in [7, 11) is 0. The van der Waals surface area contributed by atoms with Crippen LogP contribution >= 0.6 is 0 Å². The van der Waals surface area contributed by atoms with E-state index in [4.69, 9.17) is 11.3 Å². The van der Waals surface area contributed by atoms with Crippen LogP contribution in [0.25, 0.3) is 0 Å². The third-order valence-electron chi connectivity index (χ3n) is 0.260. The highest BCUT2D eigenvalue weighted by Crippen LogP contribution is 1.47. The van der Waals surface area contributed by atoms with Gasteiger partial charge in [-0.15, -0.1) is 0 Å². The van der Waals surface area contributed by atoms with Gasteiger partial charge in [0.2, 0.25) is 0 Å². The van der Waals surface area contributed by atoms with Crippen LogP contribution in [0.4, 0.5) is 0 Å². The van der Waals surface area contributed by atoms with Crippen molar-refractivity contribution in [1.29, 1.82) is 5.41 Å². The number of rotatable bonds is 1. The molecule has 0 aliphatic heterocycles. The summed E-state index contributed by atoms with van der Waals surface area (Å²) < 4.78 is 0. The zero-order chi connectivity index (χ0) is 4.99. The van der Waals surface area contributed by atoms with E-state index in [0.717, 1.165) is 0 Å². The van der Waals surface area contributed by atoms with Crippen LogP contribution in [0.1, 0.15) is 6.92 Å². The normalized spacial score (nSPS) is 7.67. The summed E-state index contributed by atoms with van der Waals surface area (Å²) in [5.74, 6) is 5.03. The number of nitrogens with two attached hydrogens (primary N) is 1. The van der Waals surface area contributed by atoms with Crippen LogP contribution in [0.2, 0.25) is 0 Å². The number of nitrogens with one attached hydrogen (secondary N) is 3. The van der Waals surface area contributed by atoms with Crippen LogP contribution in [0, 0.1) is 5.41 Å². The third-order valence-corrected chi connectivity index (χ3v) is 0.260. The molecular formula is C2H8N4. The summed E-state index contributed by atoms with van der Waals surface area (Å²) in [6.45, 7) is 1.58. The summed E-state index contributed by atoms with van der Waals surface area (Å²) in [6.07, 6.45) is 0. The van der Waals surface area contributed by atoms with Gasteiger partial charge in [0.05, 0.1) is 0 Å². The number of hydrazine groups is 2. The summed E-state index contributed by atoms with van der Waals surface area (Å²) in [5.41, 5.74) is 4.41. The molecule has 0 fully saturated rings. The van der Waals surface area contributed by atoms with Gasteiger partial charge in [-0.25, -0.2) is 0 Å². The molecule has 0 saturated carbocycles. The second kappa shape index (κ2) is 2.62. The van der Waals surface area contributed by atoms with Gasteiger partial charge in [-0.05, 0) is 6.92 Å². The van der Waals surface area contributed by atoms with Crippen LogP contribution < -0.4 is 16.8 Å². The fourth-order valence-electron chi connectivity index (χ4n) is 0.108. The Bertz CT molecular complexity index is 49.5. The third kappa shape index (κ3) is 3.39. The average Bonchev–Trinajstić information content (AvgIpc) is 1.35. The molecule has 36 valence electrons. The fourth-order valence-corrected chi connectivity index (χ4v) is 0.108. The van der Waals surface area contributed by atoms with Crippen LogP contribution in [-0.4, -0.2) is 5.84 Å². The molecule has 0 aromatic heterocycles. The minimum atomic E-state index is 0.303. The molecule has 4 heteroatoms. The molecule has 0 aliphatic rings. The number of hydrogen-bond donors (Lipinski definition) is 4. The molecule has 6 heavy (non-hydrogen) atoms. The SMILES string of the molecule is CC(=N)NNN. The van der Waals surface area contributed by atoms with Gasteiger partial charge >= 0.3 is 0 Å². The van der Waals surface area contributed by atoms with Crippen molar-refractivity contribution in [3.63, 3.8) is 0 Å². The maximum atomic E-state index is 6.64. The Morgan fingerprint density at radius 2 is 2.33 bits per heavy atom. The van der Waals surface area contributed by atoms with Gasteiger partial charge in [0, 0.05) is 0 Å². The molecule has 0 amide bonds. The molecule has 0 aromatic rings. The predicted octanol–water partition coefficient (Wildman–Crippen LogP) is -1.05. The van der Waals surface area contributed by atoms with Crippen molar-refractivity contribution in [1.82, 2.24) is 11.0 Å². The Labute approximate surface area is 36.2 Å². The van der Waals surface area contributed by atoms with Crippen molar-refractivity contribution >= 4 is 5.84 Å². The van der Waals surface area contributed by atoms with E-state index in [1.807, 2.05) is 0 Å². The lowest BCUT2D eigenvalue weighted by Crippen LogP contribution is -2.40. The highest BCUT2D eigenvalue weighted by molar-refractivity contribution is 5.75. The Morgan fingerprint density at radius 1 is 1.83 bits per heavy atom. The van der Waals surface area contributed by atoms with E-state index in [1.165, 1.54) is 0 Å². The van der Waals surface area contributed by atoms with Crippen molar-refractivity contribution in [3.8, 4) is 0 Å². The highest BCUT2D eigenvalue weighted by atomic mass is 15.5. The van der Waals surface area contributed by atoms with E-state index < -0.39 is 0 Å². The Balaban J connectivity index is 2.83. The fraction of sp³-hybridized carbons (Fsp3) is 0.500. The largest absolute Gasteiger partial charge is 0.297 e. The lowest BCUT2D eigenvalue weighted by atomic mass is 10.7. The molecule has 0 unspecified atom stereocenters. The van der Waals surface area contributed by atoms with E-state index in [-0.39, 0.29) is 0 Å². The smallest absolute Gasteiger partial charge is 0.105 e. The van der Waals surface area contributed by atoms with Crippen molar-refractivity contribution in [2.45, 2.75) is 6.92 Å². The molecule has 0 bridgehead atoms. The first-order chi connectivity index (χ1) is 2.77. The molecule has 5 N–H and O–H groups in total. The van der Waals surface area contributed by atoms with Crippen molar-refractivity contribution in [2.24, 2.45) is 5.84 Å². The zero-order valence-electron chi connectivity index (χ0n) is 3.58. The van der Waals surface area contributed by atoms with Crippen LogP contribution in [0.3, 0.4) is 0 Å². The summed E-state index contributed by atoms with van der Waals surface area (Å²) >= 11 is 0. The standard InChI is InChI=1S/C2H8N4/c1-2(3)5-6-4/h6H,4H2,1H3,(H2,3,5). The van der Waals surface area contributed by atoms with Gasteiger partial charge in [0.25, 0.3) is 0 Å². The van der Waals surface area contributed by atoms with Gasteiger partial charge in [0.15, 0.2) is 0 Å². The second-order valence-electron chi connectivity index (χ2n) is 0.894. The summed E-state index contributed by atoms with van der Waals surface area (Å²) in [4.78, 5) is 0. The first-order valence-corrected chi connectivity index (χ1v) is 1.54. The number of hydrogen-bond acceptors (Lipinski definition) is 3. The van der Waals surface area contributed by atoms with E-state index >= 15 is 0 Å². The molecule has 0 aliphatic carbocycles. The Hall–Kier alpha value is -0.610. The van der Waals surface area contributed by atoms with E-state index in [9.17, 15) is 0 Å². The van der Waals surface area contributed by atoms with E-state index in [1.54, 1.807) is 6.92 Å². The number of amidine groups is 1. The molecule has 0 rings (SSSR count). The summed E-state index contributed by atoms with van der Waals surface area (Å²) in [6, 6.07) is 0. The van der Waals surface area contributed by atoms with Gasteiger partial charge in [-0.2, -0.15) is 5.53 Å². The van der Waals surface area contributed by atoms with Crippen molar-refractivity contribution < 1.29 is 0 Å². The monoisotopic (exact) mass is 88.1 g/mol. The van der Waals surface area contributed by atoms with Crippen molar-refractivity contribution in [2.75, 3.05) is 0 Å². The lowest BCUT2D eigenvalue weighted by molar-refractivity contribution is 0.690.